The van der Waals surface area contributed by atoms with Crippen LogP contribution in [0.5, 0.6) is 0 Å². The first-order chi connectivity index (χ1) is 37.8. The number of aliphatic hydroxyl groups excluding tert-OH is 5. The van der Waals surface area contributed by atoms with Gasteiger partial charge in [0.05, 0.1) is 25.4 Å². The van der Waals surface area contributed by atoms with Crippen LogP contribution < -0.4 is 5.32 Å². The summed E-state index contributed by atoms with van der Waals surface area (Å²) < 4.78 is 11.3. The van der Waals surface area contributed by atoms with E-state index in [-0.39, 0.29) is 12.5 Å². The van der Waals surface area contributed by atoms with Crippen LogP contribution in [0.2, 0.25) is 0 Å². The summed E-state index contributed by atoms with van der Waals surface area (Å²) in [6.07, 6.45) is 73.8. The average Bonchev–Trinajstić information content (AvgIpc) is 3.43. The largest absolute Gasteiger partial charge is 0.394 e. The molecule has 1 fully saturated rings. The minimum atomic E-state index is -1.58. The summed E-state index contributed by atoms with van der Waals surface area (Å²) in [6, 6.07) is -0.827. The Morgan fingerprint density at radius 2 is 0.818 bits per heavy atom. The van der Waals surface area contributed by atoms with Crippen LogP contribution in [0.4, 0.5) is 0 Å². The van der Waals surface area contributed by atoms with E-state index in [9.17, 15) is 30.3 Å². The number of hydrogen-bond acceptors (Lipinski definition) is 8. The lowest BCUT2D eigenvalue weighted by molar-refractivity contribution is -0.302. The Labute approximate surface area is 473 Å². The van der Waals surface area contributed by atoms with Crippen LogP contribution in [-0.2, 0) is 14.3 Å². The maximum Gasteiger partial charge on any atom is 0.220 e. The van der Waals surface area contributed by atoms with E-state index in [4.69, 9.17) is 9.47 Å². The summed E-state index contributed by atoms with van der Waals surface area (Å²) in [5, 5.41) is 54.6. The summed E-state index contributed by atoms with van der Waals surface area (Å²) in [6.45, 7) is 3.68. The minimum Gasteiger partial charge on any atom is -0.394 e. The Kier molecular flexibility index (Phi) is 53.2. The average molecular weight is 1080 g/mol. The van der Waals surface area contributed by atoms with Gasteiger partial charge in [-0.2, -0.15) is 0 Å². The van der Waals surface area contributed by atoms with Gasteiger partial charge < -0.3 is 40.3 Å². The molecule has 0 radical (unpaired) electrons. The van der Waals surface area contributed by atoms with Crippen LogP contribution in [0.15, 0.2) is 85.1 Å². The van der Waals surface area contributed by atoms with Crippen LogP contribution in [0, 0.1) is 0 Å². The highest BCUT2D eigenvalue weighted by molar-refractivity contribution is 5.76. The molecule has 1 saturated heterocycles. The fourth-order valence-corrected chi connectivity index (χ4v) is 9.91. The van der Waals surface area contributed by atoms with Crippen LogP contribution in [0.25, 0.3) is 0 Å². The number of unbranched alkanes of at least 4 members (excludes halogenated alkanes) is 33. The monoisotopic (exact) mass is 1080 g/mol. The number of carbonyl (C=O) groups excluding carboxylic acids is 1. The molecule has 0 aromatic rings. The Morgan fingerprint density at radius 3 is 1.25 bits per heavy atom. The second-order valence-electron chi connectivity index (χ2n) is 22.2. The van der Waals surface area contributed by atoms with Crippen molar-refractivity contribution in [2.75, 3.05) is 13.2 Å². The van der Waals surface area contributed by atoms with Crippen molar-refractivity contribution in [1.82, 2.24) is 5.32 Å². The van der Waals surface area contributed by atoms with Gasteiger partial charge in [-0.1, -0.05) is 285 Å². The predicted molar refractivity (Wildman–Crippen MR) is 327 cm³/mol. The van der Waals surface area contributed by atoms with Gasteiger partial charge in [-0.3, -0.25) is 4.79 Å². The molecule has 0 aromatic heterocycles. The highest BCUT2D eigenvalue weighted by Gasteiger charge is 2.44. The van der Waals surface area contributed by atoms with Crippen LogP contribution in [-0.4, -0.2) is 87.5 Å². The number of rotatable bonds is 55. The van der Waals surface area contributed by atoms with Gasteiger partial charge in [-0.25, -0.2) is 0 Å². The van der Waals surface area contributed by atoms with Crippen molar-refractivity contribution >= 4 is 5.91 Å². The zero-order valence-corrected chi connectivity index (χ0v) is 49.7. The summed E-state index contributed by atoms with van der Waals surface area (Å²) >= 11 is 0. The van der Waals surface area contributed by atoms with Gasteiger partial charge in [0.2, 0.25) is 5.91 Å². The van der Waals surface area contributed by atoms with Crippen molar-refractivity contribution in [2.45, 2.75) is 326 Å². The molecule has 1 amide bonds. The lowest BCUT2D eigenvalue weighted by Gasteiger charge is -2.40. The maximum atomic E-state index is 13.1. The topological polar surface area (TPSA) is 149 Å². The van der Waals surface area contributed by atoms with Crippen LogP contribution >= 0.6 is 0 Å². The number of nitrogens with one attached hydrogen (secondary N) is 1. The Bertz CT molecular complexity index is 1490. The molecule has 1 aliphatic rings. The van der Waals surface area contributed by atoms with Crippen LogP contribution in [0.1, 0.15) is 284 Å². The van der Waals surface area contributed by atoms with Crippen molar-refractivity contribution in [2.24, 2.45) is 0 Å². The van der Waals surface area contributed by atoms with E-state index < -0.39 is 49.5 Å². The summed E-state index contributed by atoms with van der Waals surface area (Å²) in [7, 11) is 0. The number of amides is 1. The van der Waals surface area contributed by atoms with E-state index in [1.54, 1.807) is 6.08 Å². The number of aliphatic hydroxyl groups is 5. The Morgan fingerprint density at radius 1 is 0.455 bits per heavy atom. The van der Waals surface area contributed by atoms with Gasteiger partial charge in [-0.05, 0) is 77.0 Å². The van der Waals surface area contributed by atoms with Crippen molar-refractivity contribution < 1.29 is 39.8 Å². The van der Waals surface area contributed by atoms with Gasteiger partial charge in [0.15, 0.2) is 6.29 Å². The van der Waals surface area contributed by atoms with Gasteiger partial charge in [-0.15, -0.1) is 0 Å². The number of carbonyl (C=O) groups is 1. The van der Waals surface area contributed by atoms with Crippen molar-refractivity contribution in [3.8, 4) is 0 Å². The molecule has 1 rings (SSSR count). The molecule has 7 atom stereocenters. The molecule has 9 heteroatoms. The molecule has 0 bridgehead atoms. The first kappa shape index (κ1) is 72.4. The SMILES string of the molecule is CC/C=C\C/C=C\C/C=C\C/C=C\C/C=C\CCCCCCCCCCCCCCCCCC(=O)NC(COC1OC(CO)C(O)C(O)C1O)C(O)/C=C/CC/C=C/CCCCCCCCCCCCCCCCCCC. The third-order valence-electron chi connectivity index (χ3n) is 15.0. The van der Waals surface area contributed by atoms with E-state index in [0.29, 0.717) is 6.42 Å². The summed E-state index contributed by atoms with van der Waals surface area (Å²) in [4.78, 5) is 13.1. The molecule has 7 unspecified atom stereocenters. The second kappa shape index (κ2) is 56.6. The number of ether oxygens (including phenoxy) is 2. The first-order valence-corrected chi connectivity index (χ1v) is 32.3. The van der Waals surface area contributed by atoms with E-state index >= 15 is 0 Å². The van der Waals surface area contributed by atoms with Crippen molar-refractivity contribution in [3.05, 3.63) is 85.1 Å². The normalized spacial score (nSPS) is 19.3. The van der Waals surface area contributed by atoms with Crippen LogP contribution in [0.3, 0.4) is 0 Å². The fourth-order valence-electron chi connectivity index (χ4n) is 9.91. The fraction of sp³-hybridized carbons (Fsp3) is 0.779. The number of allylic oxidation sites excluding steroid dienone is 13. The lowest BCUT2D eigenvalue weighted by Crippen LogP contribution is -2.60. The lowest BCUT2D eigenvalue weighted by atomic mass is 9.99. The zero-order valence-electron chi connectivity index (χ0n) is 49.7. The quantitative estimate of drug-likeness (QED) is 0.0261. The second-order valence-corrected chi connectivity index (χ2v) is 22.2. The molecule has 77 heavy (non-hydrogen) atoms. The molecule has 446 valence electrons. The minimum absolute atomic E-state index is 0.187. The van der Waals surface area contributed by atoms with E-state index in [0.717, 1.165) is 70.6 Å². The molecule has 1 heterocycles. The molecule has 9 nitrogen and oxygen atoms in total. The highest BCUT2D eigenvalue weighted by Crippen LogP contribution is 2.23. The standard InChI is InChI=1S/C68H121NO8/c1-3-5-7-9-11-13-15-17-19-21-23-25-27-28-29-30-31-32-33-34-36-38-40-42-44-46-48-50-52-54-56-58-64(72)69-61(60-76-68-67(75)66(74)65(73)63(59-70)77-68)62(71)57-55-53-51-49-47-45-43-41-39-37-35-26-24-22-20-18-16-14-12-10-8-6-4-2/h5,7,11,13,17,19,23,25,28-29,47,49,55,57,61-63,65-68,70-71,73-75H,3-4,6,8-10,12,14-16,18,20-22,24,26-27,30-46,48,50-54,56,58-60H2,1-2H3,(H,69,72)/b7-5-,13-11-,19-17-,25-23-,29-28-,49-47+,57-55+. The molecule has 0 spiro atoms. The Balaban J connectivity index is 2.18. The highest BCUT2D eigenvalue weighted by atomic mass is 16.7. The molecule has 6 N–H and O–H groups in total. The van der Waals surface area contributed by atoms with E-state index in [1.807, 2.05) is 6.08 Å². The van der Waals surface area contributed by atoms with Gasteiger partial charge in [0.1, 0.15) is 24.4 Å². The molecule has 1 aliphatic heterocycles. The van der Waals surface area contributed by atoms with Crippen molar-refractivity contribution in [3.63, 3.8) is 0 Å². The van der Waals surface area contributed by atoms with E-state index in [2.05, 4.69) is 92.1 Å². The summed E-state index contributed by atoms with van der Waals surface area (Å²) in [5.41, 5.74) is 0. The molecule has 0 saturated carbocycles. The maximum absolute atomic E-state index is 13.1. The smallest absolute Gasteiger partial charge is 0.220 e. The summed E-state index contributed by atoms with van der Waals surface area (Å²) in [5.74, 6) is -0.187. The third-order valence-corrected chi connectivity index (χ3v) is 15.0. The number of hydrogen-bond donors (Lipinski definition) is 6. The predicted octanol–water partition coefficient (Wildman–Crippen LogP) is 17.0. The molecular formula is C68H121NO8. The molecule has 0 aliphatic carbocycles. The van der Waals surface area contributed by atoms with E-state index in [1.165, 1.54) is 193 Å². The first-order valence-electron chi connectivity index (χ1n) is 32.3. The van der Waals surface area contributed by atoms with Gasteiger partial charge in [0.25, 0.3) is 0 Å². The molecule has 0 aromatic carbocycles. The van der Waals surface area contributed by atoms with Gasteiger partial charge >= 0.3 is 0 Å². The van der Waals surface area contributed by atoms with Gasteiger partial charge in [0, 0.05) is 6.42 Å². The zero-order chi connectivity index (χ0) is 55.8. The molecular weight excluding hydrogens is 959 g/mol. The van der Waals surface area contributed by atoms with Crippen molar-refractivity contribution in [1.29, 1.82) is 0 Å². The third kappa shape index (κ3) is 45.8. The Hall–Kier alpha value is -2.63.